The molecule has 0 radical (unpaired) electrons. The lowest BCUT2D eigenvalue weighted by atomic mass is 10.1. The number of rotatable bonds is 6. The topological polar surface area (TPSA) is 119 Å². The molecule has 30 heavy (non-hydrogen) atoms. The molecule has 2 amide bonds. The summed E-state index contributed by atoms with van der Waals surface area (Å²) in [6, 6.07) is 10.3. The Labute approximate surface area is 173 Å². The molecule has 0 aliphatic carbocycles. The molecule has 2 N–H and O–H groups in total. The van der Waals surface area contributed by atoms with Crippen molar-refractivity contribution in [3.63, 3.8) is 0 Å². The van der Waals surface area contributed by atoms with Gasteiger partial charge in [-0.05, 0) is 52.0 Å². The maximum Gasteiger partial charge on any atom is 0.412 e. The van der Waals surface area contributed by atoms with Crippen LogP contribution in [0, 0.1) is 6.92 Å². The molecule has 3 rings (SSSR count). The Balaban J connectivity index is 1.54. The zero-order chi connectivity index (χ0) is 21.7. The molecule has 0 bridgehead atoms. The second-order valence-corrected chi connectivity index (χ2v) is 7.72. The van der Waals surface area contributed by atoms with E-state index in [0.717, 1.165) is 5.69 Å². The smallest absolute Gasteiger partial charge is 0.412 e. The first-order valence-electron chi connectivity index (χ1n) is 9.47. The number of amides is 2. The Kier molecular flexibility index (Phi) is 6.20. The molecule has 9 nitrogen and oxygen atoms in total. The third-order valence-electron chi connectivity index (χ3n) is 3.89. The van der Waals surface area contributed by atoms with Crippen LogP contribution >= 0.6 is 0 Å². The van der Waals surface area contributed by atoms with Crippen molar-refractivity contribution < 1.29 is 23.4 Å². The molecule has 1 aromatic carbocycles. The van der Waals surface area contributed by atoms with Gasteiger partial charge in [-0.3, -0.25) is 10.1 Å². The first-order valence-corrected chi connectivity index (χ1v) is 9.47. The van der Waals surface area contributed by atoms with E-state index in [1.807, 2.05) is 13.0 Å². The maximum absolute atomic E-state index is 12.2. The second-order valence-electron chi connectivity index (χ2n) is 7.72. The van der Waals surface area contributed by atoms with Crippen LogP contribution in [0.2, 0.25) is 0 Å². The first kappa shape index (κ1) is 21.1. The summed E-state index contributed by atoms with van der Waals surface area (Å²) >= 11 is 0. The number of aromatic nitrogens is 2. The van der Waals surface area contributed by atoms with Gasteiger partial charge in [-0.2, -0.15) is 0 Å². The Morgan fingerprint density at radius 3 is 2.43 bits per heavy atom. The van der Waals surface area contributed by atoms with E-state index in [1.165, 1.54) is 0 Å². The van der Waals surface area contributed by atoms with E-state index < -0.39 is 11.7 Å². The lowest BCUT2D eigenvalue weighted by Crippen LogP contribution is -2.27. The predicted octanol–water partition coefficient (Wildman–Crippen LogP) is 3.96. The first-order chi connectivity index (χ1) is 14.2. The summed E-state index contributed by atoms with van der Waals surface area (Å²) in [5.74, 6) is 0.799. The van der Waals surface area contributed by atoms with E-state index in [1.54, 1.807) is 51.1 Å². The minimum Gasteiger partial charge on any atom is -0.444 e. The van der Waals surface area contributed by atoms with Gasteiger partial charge in [0.05, 0.1) is 5.69 Å². The van der Waals surface area contributed by atoms with Crippen molar-refractivity contribution in [3.05, 3.63) is 53.5 Å². The van der Waals surface area contributed by atoms with Crippen LogP contribution in [0.1, 0.15) is 42.7 Å². The van der Waals surface area contributed by atoms with Gasteiger partial charge in [0, 0.05) is 36.3 Å². The van der Waals surface area contributed by atoms with Gasteiger partial charge in [0.25, 0.3) is 5.91 Å². The number of benzene rings is 1. The number of carbonyl (C=O) groups is 2. The predicted molar refractivity (Wildman–Crippen MR) is 109 cm³/mol. The zero-order valence-corrected chi connectivity index (χ0v) is 17.3. The van der Waals surface area contributed by atoms with E-state index in [0.29, 0.717) is 35.7 Å². The van der Waals surface area contributed by atoms with E-state index >= 15 is 0 Å². The monoisotopic (exact) mass is 412 g/mol. The van der Waals surface area contributed by atoms with Crippen molar-refractivity contribution in [2.75, 3.05) is 11.9 Å². The van der Waals surface area contributed by atoms with Gasteiger partial charge >= 0.3 is 6.09 Å². The molecule has 9 heteroatoms. The molecule has 2 heterocycles. The molecule has 0 saturated heterocycles. The average molecular weight is 412 g/mol. The van der Waals surface area contributed by atoms with Gasteiger partial charge in [0.15, 0.2) is 11.5 Å². The van der Waals surface area contributed by atoms with Crippen molar-refractivity contribution in [2.24, 2.45) is 0 Å². The number of carbonyl (C=O) groups excluding carboxylic acids is 2. The molecule has 0 atom stereocenters. The van der Waals surface area contributed by atoms with Crippen LogP contribution in [0.3, 0.4) is 0 Å². The Bertz CT molecular complexity index is 1010. The lowest BCUT2D eigenvalue weighted by Gasteiger charge is -2.19. The van der Waals surface area contributed by atoms with Crippen LogP contribution < -0.4 is 10.6 Å². The van der Waals surface area contributed by atoms with Gasteiger partial charge in [0.1, 0.15) is 11.4 Å². The quantitative estimate of drug-likeness (QED) is 0.629. The number of ether oxygens (including phenoxy) is 1. The van der Waals surface area contributed by atoms with Gasteiger partial charge in [-0.25, -0.2) is 4.79 Å². The van der Waals surface area contributed by atoms with Gasteiger partial charge in [-0.1, -0.05) is 10.3 Å². The maximum atomic E-state index is 12.2. The van der Waals surface area contributed by atoms with E-state index in [2.05, 4.69) is 20.9 Å². The molecular formula is C21H24N4O5. The molecular weight excluding hydrogens is 388 g/mol. The lowest BCUT2D eigenvalue weighted by molar-refractivity contribution is 0.0635. The highest BCUT2D eigenvalue weighted by Gasteiger charge is 2.17. The summed E-state index contributed by atoms with van der Waals surface area (Å²) in [6.45, 7) is 7.61. The van der Waals surface area contributed by atoms with Crippen molar-refractivity contribution in [2.45, 2.75) is 39.7 Å². The minimum atomic E-state index is -0.575. The van der Waals surface area contributed by atoms with Crippen LogP contribution in [0.25, 0.3) is 11.3 Å². The fourth-order valence-electron chi connectivity index (χ4n) is 2.58. The molecule has 0 aliphatic heterocycles. The summed E-state index contributed by atoms with van der Waals surface area (Å²) in [6.07, 6.45) is -0.00185. The Hall–Kier alpha value is -3.62. The molecule has 0 fully saturated rings. The summed E-state index contributed by atoms with van der Waals surface area (Å²) in [7, 11) is 0. The number of hydrogen-bond acceptors (Lipinski definition) is 7. The zero-order valence-electron chi connectivity index (χ0n) is 17.3. The summed E-state index contributed by atoms with van der Waals surface area (Å²) in [5, 5.41) is 13.0. The molecule has 158 valence electrons. The summed E-state index contributed by atoms with van der Waals surface area (Å²) < 4.78 is 15.6. The number of nitrogens with one attached hydrogen (secondary N) is 2. The van der Waals surface area contributed by atoms with E-state index in [9.17, 15) is 9.59 Å². The highest BCUT2D eigenvalue weighted by molar-refractivity contribution is 5.93. The largest absolute Gasteiger partial charge is 0.444 e. The van der Waals surface area contributed by atoms with E-state index in [-0.39, 0.29) is 11.6 Å². The highest BCUT2D eigenvalue weighted by atomic mass is 16.6. The molecule has 0 spiro atoms. The third-order valence-corrected chi connectivity index (χ3v) is 3.89. The van der Waals surface area contributed by atoms with Crippen LogP contribution in [0.5, 0.6) is 0 Å². The Morgan fingerprint density at radius 1 is 1.07 bits per heavy atom. The van der Waals surface area contributed by atoms with Crippen molar-refractivity contribution in [1.82, 2.24) is 15.6 Å². The fraction of sp³-hybridized carbons (Fsp3) is 0.333. The third kappa shape index (κ3) is 5.94. The number of hydrogen-bond donors (Lipinski definition) is 2. The van der Waals surface area contributed by atoms with Crippen LogP contribution in [0.4, 0.5) is 10.5 Å². The minimum absolute atomic E-state index is 0.176. The SMILES string of the molecule is Cc1cc(CCNC(=O)c2cc(-c3ccc(NC(=O)OC(C)(C)C)cc3)on2)on1. The molecule has 2 aromatic heterocycles. The standard InChI is InChI=1S/C21H24N4O5/c1-13-11-16(29-24-13)9-10-22-19(26)17-12-18(30-25-17)14-5-7-15(8-6-14)23-20(27)28-21(2,3)4/h5-8,11-12H,9-10H2,1-4H3,(H,22,26)(H,23,27). The molecule has 0 aliphatic rings. The number of aryl methyl sites for hydroxylation is 1. The summed E-state index contributed by atoms with van der Waals surface area (Å²) in [5.41, 5.74) is 1.69. The van der Waals surface area contributed by atoms with Crippen molar-refractivity contribution >= 4 is 17.7 Å². The average Bonchev–Trinajstić information content (AvgIpc) is 3.30. The van der Waals surface area contributed by atoms with Crippen LogP contribution in [0.15, 0.2) is 45.4 Å². The number of nitrogens with zero attached hydrogens (tertiary/aromatic N) is 2. The van der Waals surface area contributed by atoms with E-state index in [4.69, 9.17) is 13.8 Å². The normalized spacial score (nSPS) is 11.2. The van der Waals surface area contributed by atoms with Gasteiger partial charge in [-0.15, -0.1) is 0 Å². The number of anilines is 1. The fourth-order valence-corrected chi connectivity index (χ4v) is 2.58. The molecule has 0 unspecified atom stereocenters. The highest BCUT2D eigenvalue weighted by Crippen LogP contribution is 2.23. The second kappa shape index (κ2) is 8.81. The van der Waals surface area contributed by atoms with Gasteiger partial charge < -0.3 is 19.1 Å². The Morgan fingerprint density at radius 2 is 1.80 bits per heavy atom. The van der Waals surface area contributed by atoms with Crippen LogP contribution in [-0.2, 0) is 11.2 Å². The van der Waals surface area contributed by atoms with Crippen LogP contribution in [-0.4, -0.2) is 34.5 Å². The molecule has 3 aromatic rings. The van der Waals surface area contributed by atoms with Crippen molar-refractivity contribution in [1.29, 1.82) is 0 Å². The summed E-state index contributed by atoms with van der Waals surface area (Å²) in [4.78, 5) is 24.1. The molecule has 0 saturated carbocycles. The van der Waals surface area contributed by atoms with Crippen molar-refractivity contribution in [3.8, 4) is 11.3 Å². The van der Waals surface area contributed by atoms with Gasteiger partial charge in [0.2, 0.25) is 0 Å².